The van der Waals surface area contributed by atoms with Crippen LogP contribution in [0.15, 0.2) is 24.3 Å². The number of anilines is 1. The van der Waals surface area contributed by atoms with E-state index < -0.39 is 0 Å². The standard InChI is InChI=1S/C16H24N2O/c1-12-7-9-15(10-8-12)18-16(19)11-17-13(2)14-5-3-4-6-14/h7-10,13-14,17H,3-6,11H2,1-2H3,(H,18,19). The van der Waals surface area contributed by atoms with Gasteiger partial charge in [0.25, 0.3) is 0 Å². The molecule has 1 aliphatic rings. The van der Waals surface area contributed by atoms with Crippen LogP contribution in [0.25, 0.3) is 0 Å². The quantitative estimate of drug-likeness (QED) is 0.854. The first-order chi connectivity index (χ1) is 9.15. The third-order valence-corrected chi connectivity index (χ3v) is 4.03. The van der Waals surface area contributed by atoms with Crippen molar-refractivity contribution >= 4 is 11.6 Å². The van der Waals surface area contributed by atoms with Crippen molar-refractivity contribution in [2.24, 2.45) is 5.92 Å². The highest BCUT2D eigenvalue weighted by atomic mass is 16.1. The Morgan fingerprint density at radius 1 is 1.26 bits per heavy atom. The van der Waals surface area contributed by atoms with Crippen LogP contribution in [0.2, 0.25) is 0 Å². The lowest BCUT2D eigenvalue weighted by molar-refractivity contribution is -0.115. The van der Waals surface area contributed by atoms with Gasteiger partial charge in [0.2, 0.25) is 5.91 Å². The van der Waals surface area contributed by atoms with Gasteiger partial charge < -0.3 is 10.6 Å². The molecule has 1 amide bonds. The van der Waals surface area contributed by atoms with Crippen molar-refractivity contribution < 1.29 is 4.79 Å². The van der Waals surface area contributed by atoms with E-state index in [0.29, 0.717) is 12.6 Å². The Morgan fingerprint density at radius 2 is 1.89 bits per heavy atom. The maximum Gasteiger partial charge on any atom is 0.238 e. The highest BCUT2D eigenvalue weighted by molar-refractivity contribution is 5.92. The lowest BCUT2D eigenvalue weighted by Crippen LogP contribution is -2.38. The number of carbonyl (C=O) groups excluding carboxylic acids is 1. The van der Waals surface area contributed by atoms with Crippen LogP contribution in [0.4, 0.5) is 5.69 Å². The summed E-state index contributed by atoms with van der Waals surface area (Å²) in [6, 6.07) is 8.32. The van der Waals surface area contributed by atoms with E-state index in [1.165, 1.54) is 31.2 Å². The predicted octanol–water partition coefficient (Wildman–Crippen LogP) is 3.10. The number of amides is 1. The fraction of sp³-hybridized carbons (Fsp3) is 0.562. The van der Waals surface area contributed by atoms with E-state index in [-0.39, 0.29) is 5.91 Å². The molecule has 3 nitrogen and oxygen atoms in total. The topological polar surface area (TPSA) is 41.1 Å². The van der Waals surface area contributed by atoms with Crippen LogP contribution in [0.3, 0.4) is 0 Å². The molecule has 0 saturated heterocycles. The van der Waals surface area contributed by atoms with Gasteiger partial charge in [-0.15, -0.1) is 0 Å². The molecule has 0 aromatic heterocycles. The Labute approximate surface area is 115 Å². The largest absolute Gasteiger partial charge is 0.325 e. The zero-order chi connectivity index (χ0) is 13.7. The molecular formula is C16H24N2O. The minimum Gasteiger partial charge on any atom is -0.325 e. The van der Waals surface area contributed by atoms with Crippen LogP contribution in [0.5, 0.6) is 0 Å². The Hall–Kier alpha value is -1.35. The minimum absolute atomic E-state index is 0.0358. The van der Waals surface area contributed by atoms with E-state index in [1.807, 2.05) is 31.2 Å². The molecule has 1 aromatic carbocycles. The van der Waals surface area contributed by atoms with Crippen LogP contribution in [-0.4, -0.2) is 18.5 Å². The molecule has 3 heteroatoms. The SMILES string of the molecule is Cc1ccc(NC(=O)CNC(C)C2CCCC2)cc1. The Kier molecular flexibility index (Phi) is 4.97. The molecule has 0 heterocycles. The molecule has 0 aliphatic heterocycles. The number of rotatable bonds is 5. The Bertz CT molecular complexity index is 407. The molecule has 2 rings (SSSR count). The lowest BCUT2D eigenvalue weighted by atomic mass is 10.00. The van der Waals surface area contributed by atoms with Gasteiger partial charge in [0.15, 0.2) is 0 Å². The van der Waals surface area contributed by atoms with Crippen LogP contribution in [-0.2, 0) is 4.79 Å². The highest BCUT2D eigenvalue weighted by Crippen LogP contribution is 2.27. The molecule has 0 radical (unpaired) electrons. The summed E-state index contributed by atoms with van der Waals surface area (Å²) < 4.78 is 0. The van der Waals surface area contributed by atoms with E-state index in [0.717, 1.165) is 11.6 Å². The summed E-state index contributed by atoms with van der Waals surface area (Å²) in [6.45, 7) is 4.62. The molecule has 1 aromatic rings. The average molecular weight is 260 g/mol. The van der Waals surface area contributed by atoms with Crippen molar-refractivity contribution in [3.05, 3.63) is 29.8 Å². The maximum absolute atomic E-state index is 11.8. The normalized spacial score (nSPS) is 17.4. The van der Waals surface area contributed by atoms with Crippen molar-refractivity contribution in [2.75, 3.05) is 11.9 Å². The van der Waals surface area contributed by atoms with Gasteiger partial charge in [-0.25, -0.2) is 0 Å². The number of benzene rings is 1. The van der Waals surface area contributed by atoms with Gasteiger partial charge in [-0.2, -0.15) is 0 Å². The molecule has 19 heavy (non-hydrogen) atoms. The predicted molar refractivity (Wildman–Crippen MR) is 79.2 cm³/mol. The van der Waals surface area contributed by atoms with Gasteiger partial charge in [-0.1, -0.05) is 30.5 Å². The number of nitrogens with one attached hydrogen (secondary N) is 2. The molecule has 0 bridgehead atoms. The first kappa shape index (κ1) is 14.1. The zero-order valence-electron chi connectivity index (χ0n) is 11.9. The molecule has 1 atom stereocenters. The second kappa shape index (κ2) is 6.71. The van der Waals surface area contributed by atoms with Gasteiger partial charge in [-0.3, -0.25) is 4.79 Å². The third kappa shape index (κ3) is 4.35. The highest BCUT2D eigenvalue weighted by Gasteiger charge is 2.21. The number of aryl methyl sites for hydroxylation is 1. The van der Waals surface area contributed by atoms with E-state index in [4.69, 9.17) is 0 Å². The van der Waals surface area contributed by atoms with Gasteiger partial charge in [0, 0.05) is 11.7 Å². The molecule has 1 saturated carbocycles. The molecule has 2 N–H and O–H groups in total. The first-order valence-electron chi connectivity index (χ1n) is 7.25. The third-order valence-electron chi connectivity index (χ3n) is 4.03. The van der Waals surface area contributed by atoms with Gasteiger partial charge >= 0.3 is 0 Å². The Morgan fingerprint density at radius 3 is 2.53 bits per heavy atom. The maximum atomic E-state index is 11.8. The van der Waals surface area contributed by atoms with Crippen LogP contribution in [0, 0.1) is 12.8 Å². The minimum atomic E-state index is 0.0358. The van der Waals surface area contributed by atoms with E-state index in [1.54, 1.807) is 0 Å². The second-order valence-corrected chi connectivity index (χ2v) is 5.63. The number of hydrogen-bond donors (Lipinski definition) is 2. The van der Waals surface area contributed by atoms with E-state index in [9.17, 15) is 4.79 Å². The summed E-state index contributed by atoms with van der Waals surface area (Å²) in [5.74, 6) is 0.779. The monoisotopic (exact) mass is 260 g/mol. The summed E-state index contributed by atoms with van der Waals surface area (Å²) in [6.07, 6.45) is 5.28. The van der Waals surface area contributed by atoms with E-state index in [2.05, 4.69) is 17.6 Å². The van der Waals surface area contributed by atoms with Crippen LogP contribution in [0.1, 0.15) is 38.2 Å². The smallest absolute Gasteiger partial charge is 0.238 e. The van der Waals surface area contributed by atoms with Crippen LogP contribution >= 0.6 is 0 Å². The summed E-state index contributed by atoms with van der Waals surface area (Å²) in [7, 11) is 0. The zero-order valence-corrected chi connectivity index (χ0v) is 11.9. The van der Waals surface area contributed by atoms with Gasteiger partial charge in [-0.05, 0) is 44.7 Å². The first-order valence-corrected chi connectivity index (χ1v) is 7.25. The van der Waals surface area contributed by atoms with Crippen molar-refractivity contribution in [1.82, 2.24) is 5.32 Å². The summed E-state index contributed by atoms with van der Waals surface area (Å²) in [5, 5.41) is 6.26. The fourth-order valence-corrected chi connectivity index (χ4v) is 2.72. The van der Waals surface area contributed by atoms with Crippen LogP contribution < -0.4 is 10.6 Å². The number of hydrogen-bond acceptors (Lipinski definition) is 2. The fourth-order valence-electron chi connectivity index (χ4n) is 2.72. The molecule has 0 spiro atoms. The molecule has 104 valence electrons. The van der Waals surface area contributed by atoms with Crippen molar-refractivity contribution in [2.45, 2.75) is 45.6 Å². The molecule has 1 aliphatic carbocycles. The molecule has 1 unspecified atom stereocenters. The number of carbonyl (C=O) groups is 1. The Balaban J connectivity index is 1.73. The van der Waals surface area contributed by atoms with Crippen molar-refractivity contribution in [1.29, 1.82) is 0 Å². The summed E-state index contributed by atoms with van der Waals surface area (Å²) in [4.78, 5) is 11.8. The lowest BCUT2D eigenvalue weighted by Gasteiger charge is -2.20. The average Bonchev–Trinajstić information content (AvgIpc) is 2.93. The van der Waals surface area contributed by atoms with Crippen molar-refractivity contribution in [3.8, 4) is 0 Å². The molecular weight excluding hydrogens is 236 g/mol. The molecule has 1 fully saturated rings. The van der Waals surface area contributed by atoms with Gasteiger partial charge in [0.1, 0.15) is 0 Å². The summed E-state index contributed by atoms with van der Waals surface area (Å²) >= 11 is 0. The second-order valence-electron chi connectivity index (χ2n) is 5.63. The summed E-state index contributed by atoms with van der Waals surface area (Å²) in [5.41, 5.74) is 2.07. The van der Waals surface area contributed by atoms with Gasteiger partial charge in [0.05, 0.1) is 6.54 Å². The van der Waals surface area contributed by atoms with E-state index >= 15 is 0 Å². The van der Waals surface area contributed by atoms with Crippen molar-refractivity contribution in [3.63, 3.8) is 0 Å².